The van der Waals surface area contributed by atoms with Crippen LogP contribution in [0, 0.1) is 11.3 Å². The standard InChI is InChI=1S/C17H14N4O2/c18-10-12-6-8-13(9-7-12)19-17(23)20-15-11-21(16(15)22)14-4-2-1-3-5-14/h1-9,15H,11H2,(H2,19,20,23)/t15-/m1/s1. The Labute approximate surface area is 133 Å². The summed E-state index contributed by atoms with van der Waals surface area (Å²) in [6.45, 7) is 0.448. The highest BCUT2D eigenvalue weighted by atomic mass is 16.2. The number of rotatable bonds is 3. The van der Waals surface area contributed by atoms with Crippen LogP contribution in [0.1, 0.15) is 5.56 Å². The van der Waals surface area contributed by atoms with Crippen molar-refractivity contribution in [1.29, 1.82) is 5.26 Å². The molecule has 6 heteroatoms. The Morgan fingerprint density at radius 1 is 1.13 bits per heavy atom. The van der Waals surface area contributed by atoms with E-state index in [0.717, 1.165) is 5.69 Å². The summed E-state index contributed by atoms with van der Waals surface area (Å²) in [6.07, 6.45) is 0. The number of nitriles is 1. The lowest BCUT2D eigenvalue weighted by Gasteiger charge is -2.38. The zero-order valence-electron chi connectivity index (χ0n) is 12.2. The van der Waals surface area contributed by atoms with E-state index in [1.165, 1.54) is 0 Å². The molecule has 0 aliphatic carbocycles. The van der Waals surface area contributed by atoms with Crippen molar-refractivity contribution in [1.82, 2.24) is 5.32 Å². The van der Waals surface area contributed by atoms with Crippen LogP contribution in [0.15, 0.2) is 54.6 Å². The van der Waals surface area contributed by atoms with Gasteiger partial charge in [0.15, 0.2) is 0 Å². The molecule has 3 rings (SSSR count). The van der Waals surface area contributed by atoms with Gasteiger partial charge in [0, 0.05) is 11.4 Å². The summed E-state index contributed by atoms with van der Waals surface area (Å²) in [6, 6.07) is 16.9. The van der Waals surface area contributed by atoms with Crippen LogP contribution < -0.4 is 15.5 Å². The summed E-state index contributed by atoms with van der Waals surface area (Å²) in [5, 5.41) is 14.0. The molecule has 0 spiro atoms. The summed E-state index contributed by atoms with van der Waals surface area (Å²) in [7, 11) is 0. The minimum absolute atomic E-state index is 0.133. The lowest BCUT2D eigenvalue weighted by atomic mass is 10.1. The Kier molecular flexibility index (Phi) is 3.93. The maximum absolute atomic E-state index is 12.1. The maximum atomic E-state index is 12.1. The average Bonchev–Trinajstić information content (AvgIpc) is 2.59. The monoisotopic (exact) mass is 306 g/mol. The summed E-state index contributed by atoms with van der Waals surface area (Å²) >= 11 is 0. The van der Waals surface area contributed by atoms with Crippen LogP contribution in [0.2, 0.25) is 0 Å². The zero-order chi connectivity index (χ0) is 16.2. The Hall–Kier alpha value is -3.33. The molecule has 114 valence electrons. The molecule has 1 heterocycles. The van der Waals surface area contributed by atoms with Gasteiger partial charge in [0.25, 0.3) is 5.91 Å². The van der Waals surface area contributed by atoms with Crippen LogP contribution in [-0.4, -0.2) is 24.5 Å². The molecule has 6 nitrogen and oxygen atoms in total. The van der Waals surface area contributed by atoms with E-state index in [-0.39, 0.29) is 5.91 Å². The molecule has 2 aromatic carbocycles. The molecular formula is C17H14N4O2. The molecule has 0 saturated carbocycles. The number of amides is 3. The predicted molar refractivity (Wildman–Crippen MR) is 85.9 cm³/mol. The van der Waals surface area contributed by atoms with Crippen molar-refractivity contribution in [2.45, 2.75) is 6.04 Å². The quantitative estimate of drug-likeness (QED) is 0.852. The summed E-state index contributed by atoms with van der Waals surface area (Å²) in [5.41, 5.74) is 1.90. The molecule has 0 aromatic heterocycles. The summed E-state index contributed by atoms with van der Waals surface area (Å²) in [4.78, 5) is 25.6. The molecule has 2 aromatic rings. The van der Waals surface area contributed by atoms with Crippen LogP contribution in [0.4, 0.5) is 16.2 Å². The van der Waals surface area contributed by atoms with Crippen LogP contribution >= 0.6 is 0 Å². The molecule has 1 atom stereocenters. The Balaban J connectivity index is 1.53. The van der Waals surface area contributed by atoms with Crippen LogP contribution in [0.25, 0.3) is 0 Å². The molecule has 1 saturated heterocycles. The number of benzene rings is 2. The third-order valence-electron chi connectivity index (χ3n) is 3.57. The van der Waals surface area contributed by atoms with Gasteiger partial charge in [0.2, 0.25) is 0 Å². The lowest BCUT2D eigenvalue weighted by Crippen LogP contribution is -2.64. The minimum atomic E-state index is -0.520. The van der Waals surface area contributed by atoms with E-state index < -0.39 is 12.1 Å². The van der Waals surface area contributed by atoms with E-state index in [0.29, 0.717) is 17.8 Å². The van der Waals surface area contributed by atoms with Crippen molar-refractivity contribution in [3.8, 4) is 6.07 Å². The van der Waals surface area contributed by atoms with Gasteiger partial charge in [-0.25, -0.2) is 4.79 Å². The maximum Gasteiger partial charge on any atom is 0.319 e. The van der Waals surface area contributed by atoms with Crippen molar-refractivity contribution in [2.75, 3.05) is 16.8 Å². The first-order valence-corrected chi connectivity index (χ1v) is 7.11. The third kappa shape index (κ3) is 3.14. The first-order chi connectivity index (χ1) is 11.2. The Morgan fingerprint density at radius 2 is 1.83 bits per heavy atom. The molecular weight excluding hydrogens is 292 g/mol. The topological polar surface area (TPSA) is 85.2 Å². The van der Waals surface area contributed by atoms with Gasteiger partial charge in [-0.2, -0.15) is 5.26 Å². The number of hydrogen-bond donors (Lipinski definition) is 2. The van der Waals surface area contributed by atoms with E-state index >= 15 is 0 Å². The van der Waals surface area contributed by atoms with E-state index in [9.17, 15) is 9.59 Å². The number of para-hydroxylation sites is 1. The molecule has 3 amide bonds. The first kappa shape index (κ1) is 14.6. The second-order valence-electron chi connectivity index (χ2n) is 5.12. The minimum Gasteiger partial charge on any atom is -0.324 e. The fourth-order valence-corrected chi connectivity index (χ4v) is 2.33. The van der Waals surface area contributed by atoms with E-state index in [4.69, 9.17) is 5.26 Å². The number of hydrogen-bond acceptors (Lipinski definition) is 3. The highest BCUT2D eigenvalue weighted by Crippen LogP contribution is 2.21. The van der Waals surface area contributed by atoms with Gasteiger partial charge in [-0.3, -0.25) is 4.79 Å². The van der Waals surface area contributed by atoms with Crippen molar-refractivity contribution in [3.05, 3.63) is 60.2 Å². The van der Waals surface area contributed by atoms with E-state index in [1.54, 1.807) is 29.2 Å². The summed E-state index contributed by atoms with van der Waals surface area (Å²) < 4.78 is 0. The number of carbonyl (C=O) groups excluding carboxylic acids is 2. The second-order valence-corrected chi connectivity index (χ2v) is 5.12. The molecule has 0 radical (unpaired) electrons. The normalized spacial score (nSPS) is 16.2. The number of nitrogens with zero attached hydrogens (tertiary/aromatic N) is 2. The highest BCUT2D eigenvalue weighted by molar-refractivity contribution is 6.06. The van der Waals surface area contributed by atoms with Crippen LogP contribution in [-0.2, 0) is 4.79 Å². The summed E-state index contributed by atoms with van der Waals surface area (Å²) in [5.74, 6) is -0.133. The van der Waals surface area contributed by atoms with Gasteiger partial charge in [-0.15, -0.1) is 0 Å². The molecule has 2 N–H and O–H groups in total. The average molecular weight is 306 g/mol. The Bertz CT molecular complexity index is 765. The molecule has 23 heavy (non-hydrogen) atoms. The second kappa shape index (κ2) is 6.20. The zero-order valence-corrected chi connectivity index (χ0v) is 12.2. The lowest BCUT2D eigenvalue weighted by molar-refractivity contribution is -0.124. The van der Waals surface area contributed by atoms with E-state index in [2.05, 4.69) is 10.6 Å². The van der Waals surface area contributed by atoms with Gasteiger partial charge in [-0.05, 0) is 36.4 Å². The highest BCUT2D eigenvalue weighted by Gasteiger charge is 2.38. The Morgan fingerprint density at radius 3 is 2.43 bits per heavy atom. The smallest absolute Gasteiger partial charge is 0.319 e. The van der Waals surface area contributed by atoms with Gasteiger partial charge >= 0.3 is 6.03 Å². The SMILES string of the molecule is N#Cc1ccc(NC(=O)N[C@@H]2CN(c3ccccc3)C2=O)cc1. The molecule has 0 unspecified atom stereocenters. The largest absolute Gasteiger partial charge is 0.324 e. The number of nitrogens with one attached hydrogen (secondary N) is 2. The number of urea groups is 1. The van der Waals surface area contributed by atoms with Gasteiger partial charge in [-0.1, -0.05) is 18.2 Å². The number of anilines is 2. The molecule has 0 bridgehead atoms. The van der Waals surface area contributed by atoms with Gasteiger partial charge in [0.1, 0.15) is 6.04 Å². The van der Waals surface area contributed by atoms with Crippen molar-refractivity contribution < 1.29 is 9.59 Å². The first-order valence-electron chi connectivity index (χ1n) is 7.11. The molecule has 1 aliphatic heterocycles. The fourth-order valence-electron chi connectivity index (χ4n) is 2.33. The fraction of sp³-hybridized carbons (Fsp3) is 0.118. The number of β-lactam (4-membered cyclic amide) rings is 1. The molecule has 1 fully saturated rings. The van der Waals surface area contributed by atoms with Crippen molar-refractivity contribution in [2.24, 2.45) is 0 Å². The van der Waals surface area contributed by atoms with E-state index in [1.807, 2.05) is 36.4 Å². The van der Waals surface area contributed by atoms with Crippen LogP contribution in [0.3, 0.4) is 0 Å². The van der Waals surface area contributed by atoms with Gasteiger partial charge in [0.05, 0.1) is 18.2 Å². The molecule has 1 aliphatic rings. The third-order valence-corrected chi connectivity index (χ3v) is 3.57. The van der Waals surface area contributed by atoms with Gasteiger partial charge < -0.3 is 15.5 Å². The predicted octanol–water partition coefficient (Wildman–Crippen LogP) is 2.10. The van der Waals surface area contributed by atoms with Crippen LogP contribution in [0.5, 0.6) is 0 Å². The van der Waals surface area contributed by atoms with Crippen molar-refractivity contribution in [3.63, 3.8) is 0 Å². The van der Waals surface area contributed by atoms with Crippen molar-refractivity contribution >= 4 is 23.3 Å². The number of carbonyl (C=O) groups is 2.